The van der Waals surface area contributed by atoms with E-state index >= 15 is 0 Å². The number of halogens is 2. The molecule has 3 rings (SSSR count). The molecule has 3 aromatic rings. The average Bonchev–Trinajstić information content (AvgIpc) is 2.79. The fourth-order valence-electron chi connectivity index (χ4n) is 2.25. The van der Waals surface area contributed by atoms with Crippen LogP contribution in [0.25, 0.3) is 21.9 Å². The van der Waals surface area contributed by atoms with Crippen LogP contribution < -0.4 is 24.8 Å². The fourth-order valence-corrected chi connectivity index (χ4v) is 2.25. The Hall–Kier alpha value is -0.310. The van der Waals surface area contributed by atoms with Crippen LogP contribution in [0.1, 0.15) is 5.56 Å². The van der Waals surface area contributed by atoms with Crippen LogP contribution in [-0.4, -0.2) is 13.8 Å². The Morgan fingerprint density at radius 3 is 2.04 bits per heavy atom. The van der Waals surface area contributed by atoms with E-state index in [-0.39, 0.29) is 51.0 Å². The minimum absolute atomic E-state index is 0. The summed E-state index contributed by atoms with van der Waals surface area (Å²) in [6, 6.07) is 21.6. The maximum Gasteiger partial charge on any atom is 3.00 e. The van der Waals surface area contributed by atoms with Gasteiger partial charge in [-0.1, -0.05) is 48.9 Å². The van der Waals surface area contributed by atoms with Crippen molar-refractivity contribution in [1.82, 2.24) is 0 Å². The maximum atomic E-state index is 8.16. The number of rotatable bonds is 1. The first-order valence-electron chi connectivity index (χ1n) is 6.78. The zero-order valence-electron chi connectivity index (χ0n) is 13.5. The Kier molecular flexibility index (Phi) is 13.1. The maximum absolute atomic E-state index is 8.16. The summed E-state index contributed by atoms with van der Waals surface area (Å²) in [6.45, 7) is 5.80. The third-order valence-electron chi connectivity index (χ3n) is 2.98. The summed E-state index contributed by atoms with van der Waals surface area (Å²) in [7, 11) is -0.880. The summed E-state index contributed by atoms with van der Waals surface area (Å²) < 4.78 is 0. The molecule has 3 aromatic carbocycles. The Bertz CT molecular complexity index is 681. The van der Waals surface area contributed by atoms with E-state index in [2.05, 4.69) is 67.6 Å². The van der Waals surface area contributed by atoms with Gasteiger partial charge in [-0.2, -0.15) is 6.07 Å². The minimum atomic E-state index is -0.880. The molecule has 0 aliphatic carbocycles. The number of hydrogen-bond donors (Lipinski definition) is 1. The minimum Gasteiger partial charge on any atom is -1.00 e. The van der Waals surface area contributed by atoms with E-state index in [9.17, 15) is 0 Å². The average molecular weight is 443 g/mol. The summed E-state index contributed by atoms with van der Waals surface area (Å²) >= 11 is 0. The van der Waals surface area contributed by atoms with Gasteiger partial charge in [-0.25, -0.2) is 0 Å². The third-order valence-corrected chi connectivity index (χ3v) is 2.98. The molecule has 0 heterocycles. The summed E-state index contributed by atoms with van der Waals surface area (Å²) in [5.74, 6) is 0. The molecule has 0 aromatic heterocycles. The fraction of sp³-hybridized carbons (Fsp3) is 0.167. The predicted octanol–water partition coefficient (Wildman–Crippen LogP) is -1.23. The molecule has 1 nitrogen and oxygen atoms in total. The van der Waals surface area contributed by atoms with Gasteiger partial charge in [-0.3, -0.25) is 0 Å². The standard InChI is InChI=1S/C16H13.C2H7OSi.2ClH.Zr/c1-12-10-14-8-5-9-15(16(14)11-12)13-6-3-2-4-7-13;1-4(2)3;;;/h2-11H,1H3;3H,1-2H3;2*1H;/q-1;;;;+3/p-2. The molecule has 23 heavy (non-hydrogen) atoms. The Morgan fingerprint density at radius 1 is 0.913 bits per heavy atom. The molecule has 0 bridgehead atoms. The van der Waals surface area contributed by atoms with Crippen molar-refractivity contribution in [2.75, 3.05) is 0 Å². The van der Waals surface area contributed by atoms with Gasteiger partial charge >= 0.3 is 26.2 Å². The first kappa shape index (κ1) is 24.9. The van der Waals surface area contributed by atoms with Crippen molar-refractivity contribution in [2.24, 2.45) is 0 Å². The molecule has 5 heteroatoms. The number of fused-ring (bicyclic) bond motifs is 1. The first-order chi connectivity index (χ1) is 9.58. The Morgan fingerprint density at radius 2 is 1.48 bits per heavy atom. The van der Waals surface area contributed by atoms with Crippen molar-refractivity contribution in [1.29, 1.82) is 0 Å². The second kappa shape index (κ2) is 12.1. The van der Waals surface area contributed by atoms with Gasteiger partial charge in [0.05, 0.1) is 0 Å². The normalized spacial score (nSPS) is 9.09. The van der Waals surface area contributed by atoms with E-state index in [1.165, 1.54) is 27.5 Å². The monoisotopic (exact) mass is 440 g/mol. The second-order valence-corrected chi connectivity index (χ2v) is 7.05. The van der Waals surface area contributed by atoms with Crippen LogP contribution in [0, 0.1) is 6.92 Å². The van der Waals surface area contributed by atoms with E-state index in [0.717, 1.165) is 0 Å². The number of benzene rings is 2. The van der Waals surface area contributed by atoms with Gasteiger partial charge in [0.25, 0.3) is 0 Å². The van der Waals surface area contributed by atoms with Gasteiger partial charge in [0.2, 0.25) is 0 Å². The van der Waals surface area contributed by atoms with E-state index in [1.54, 1.807) is 0 Å². The molecule has 0 aliphatic heterocycles. The van der Waals surface area contributed by atoms with Gasteiger partial charge in [0.1, 0.15) is 0 Å². The molecule has 0 aliphatic rings. The van der Waals surface area contributed by atoms with Crippen molar-refractivity contribution in [3.8, 4) is 11.1 Å². The van der Waals surface area contributed by atoms with Crippen LogP contribution in [0.4, 0.5) is 0 Å². The molecule has 0 saturated carbocycles. The van der Waals surface area contributed by atoms with Crippen molar-refractivity contribution < 1.29 is 55.8 Å². The quantitative estimate of drug-likeness (QED) is 0.370. The molecular formula is C18H20Cl2OSiZr. The molecule has 0 saturated heterocycles. The molecule has 0 fully saturated rings. The van der Waals surface area contributed by atoms with Crippen LogP contribution in [0.3, 0.4) is 0 Å². The largest absolute Gasteiger partial charge is 3.00 e. The van der Waals surface area contributed by atoms with E-state index < -0.39 is 9.04 Å². The van der Waals surface area contributed by atoms with Crippen LogP contribution in [0.5, 0.6) is 0 Å². The third kappa shape index (κ3) is 7.41. The molecule has 120 valence electrons. The summed E-state index contributed by atoms with van der Waals surface area (Å²) in [5.41, 5.74) is 3.95. The summed E-state index contributed by atoms with van der Waals surface area (Å²) in [6.07, 6.45) is 0. The van der Waals surface area contributed by atoms with Crippen LogP contribution in [0.15, 0.2) is 60.7 Å². The van der Waals surface area contributed by atoms with E-state index in [0.29, 0.717) is 0 Å². The summed E-state index contributed by atoms with van der Waals surface area (Å²) in [4.78, 5) is 8.16. The molecular weight excluding hydrogens is 422 g/mol. The second-order valence-electron chi connectivity index (χ2n) is 5.15. The molecule has 0 amide bonds. The SMILES string of the molecule is C[Si](C)O.Cc1cc2c(-c3ccccc3)cccc2[cH-]1.[Cl-].[Cl-].[Zr+3]. The van der Waals surface area contributed by atoms with Gasteiger partial charge in [0.15, 0.2) is 9.04 Å². The van der Waals surface area contributed by atoms with Gasteiger partial charge < -0.3 is 29.6 Å². The van der Waals surface area contributed by atoms with Crippen molar-refractivity contribution >= 4 is 19.8 Å². The van der Waals surface area contributed by atoms with Gasteiger partial charge in [0, 0.05) is 0 Å². The van der Waals surface area contributed by atoms with Crippen LogP contribution in [0.2, 0.25) is 13.1 Å². The topological polar surface area (TPSA) is 20.2 Å². The molecule has 0 atom stereocenters. The molecule has 2 radical (unpaired) electrons. The Balaban J connectivity index is 0. The molecule has 1 N–H and O–H groups in total. The molecule has 0 unspecified atom stereocenters. The number of aryl methyl sites for hydroxylation is 1. The zero-order chi connectivity index (χ0) is 14.5. The van der Waals surface area contributed by atoms with Crippen molar-refractivity contribution in [2.45, 2.75) is 20.0 Å². The molecule has 0 spiro atoms. The van der Waals surface area contributed by atoms with Crippen LogP contribution >= 0.6 is 0 Å². The number of hydrogen-bond acceptors (Lipinski definition) is 1. The predicted molar refractivity (Wildman–Crippen MR) is 89.4 cm³/mol. The first-order valence-corrected chi connectivity index (χ1v) is 9.23. The van der Waals surface area contributed by atoms with E-state index in [1.807, 2.05) is 13.1 Å². The zero-order valence-corrected chi connectivity index (χ0v) is 18.4. The summed E-state index contributed by atoms with van der Waals surface area (Å²) in [5, 5.41) is 2.69. The van der Waals surface area contributed by atoms with Gasteiger partial charge in [-0.05, 0) is 18.7 Å². The Labute approximate surface area is 172 Å². The smallest absolute Gasteiger partial charge is 1.00 e. The van der Waals surface area contributed by atoms with Crippen LogP contribution in [-0.2, 0) is 26.2 Å². The van der Waals surface area contributed by atoms with Crippen molar-refractivity contribution in [3.63, 3.8) is 0 Å². The van der Waals surface area contributed by atoms with Gasteiger partial charge in [-0.15, -0.1) is 34.5 Å². The van der Waals surface area contributed by atoms with E-state index in [4.69, 9.17) is 4.80 Å². The van der Waals surface area contributed by atoms with Crippen molar-refractivity contribution in [3.05, 3.63) is 66.2 Å².